The average Bonchev–Trinajstić information content (AvgIpc) is 2.25. The summed E-state index contributed by atoms with van der Waals surface area (Å²) >= 11 is 0. The van der Waals surface area contributed by atoms with Crippen molar-refractivity contribution in [3.63, 3.8) is 0 Å². The Bertz CT molecular complexity index is 435. The third-order valence-electron chi connectivity index (χ3n) is 1.69. The topological polar surface area (TPSA) is 70.9 Å². The fraction of sp³-hybridized carbons (Fsp3) is 0.111. The molecule has 86 valence electrons. The largest absolute Gasteiger partial charge is 0.505 e. The van der Waals surface area contributed by atoms with Crippen LogP contribution in [0.15, 0.2) is 17.3 Å². The molecule has 0 fully saturated rings. The number of nitrogens with one attached hydrogen (secondary N) is 1. The van der Waals surface area contributed by atoms with E-state index in [0.29, 0.717) is 0 Å². The zero-order valence-corrected chi connectivity index (χ0v) is 8.20. The van der Waals surface area contributed by atoms with Crippen LogP contribution in [-0.4, -0.2) is 24.5 Å². The maximum absolute atomic E-state index is 13.4. The number of phenols is 1. The van der Waals surface area contributed by atoms with Gasteiger partial charge in [0.1, 0.15) is 12.9 Å². The SMILES string of the molecule is CO/N=C(\NC=O)c1c(F)ccc(O)c1F. The van der Waals surface area contributed by atoms with Gasteiger partial charge in [-0.25, -0.2) is 8.78 Å². The average molecular weight is 230 g/mol. The van der Waals surface area contributed by atoms with Crippen LogP contribution in [0.5, 0.6) is 5.75 Å². The van der Waals surface area contributed by atoms with Crippen LogP contribution in [0, 0.1) is 11.6 Å². The molecule has 7 heteroatoms. The first-order valence-corrected chi connectivity index (χ1v) is 4.10. The van der Waals surface area contributed by atoms with Crippen LogP contribution in [0.3, 0.4) is 0 Å². The summed E-state index contributed by atoms with van der Waals surface area (Å²) in [4.78, 5) is 14.5. The third kappa shape index (κ3) is 2.25. The first kappa shape index (κ1) is 11.9. The van der Waals surface area contributed by atoms with Gasteiger partial charge in [0.05, 0.1) is 5.56 Å². The van der Waals surface area contributed by atoms with E-state index < -0.39 is 28.8 Å². The molecular formula is C9H8F2N2O3. The van der Waals surface area contributed by atoms with Crippen LogP contribution < -0.4 is 5.32 Å². The molecule has 0 radical (unpaired) electrons. The summed E-state index contributed by atoms with van der Waals surface area (Å²) in [5, 5.41) is 14.2. The predicted octanol–water partition coefficient (Wildman–Crippen LogP) is 0.724. The van der Waals surface area contributed by atoms with Crippen LogP contribution in [0.2, 0.25) is 0 Å². The van der Waals surface area contributed by atoms with Crippen molar-refractivity contribution in [1.82, 2.24) is 5.32 Å². The summed E-state index contributed by atoms with van der Waals surface area (Å²) in [5.41, 5.74) is -0.672. The highest BCUT2D eigenvalue weighted by Gasteiger charge is 2.19. The van der Waals surface area contributed by atoms with E-state index in [1.165, 1.54) is 0 Å². The molecule has 0 saturated carbocycles. The number of hydrogen-bond acceptors (Lipinski definition) is 4. The maximum atomic E-state index is 13.4. The van der Waals surface area contributed by atoms with Gasteiger partial charge in [0.25, 0.3) is 0 Å². The van der Waals surface area contributed by atoms with Gasteiger partial charge in [0.15, 0.2) is 17.4 Å². The molecule has 1 amide bonds. The van der Waals surface area contributed by atoms with E-state index in [0.717, 1.165) is 19.2 Å². The summed E-state index contributed by atoms with van der Waals surface area (Å²) in [7, 11) is 1.14. The standard InChI is InChI=1S/C9H8F2N2O3/c1-16-13-9(12-4-14)7-5(10)2-3-6(15)8(7)11/h2-4,15H,1H3,(H,12,13,14). The number of carbonyl (C=O) groups is 1. The minimum atomic E-state index is -1.23. The van der Waals surface area contributed by atoms with Gasteiger partial charge in [-0.15, -0.1) is 0 Å². The normalized spacial score (nSPS) is 11.1. The van der Waals surface area contributed by atoms with Crippen molar-refractivity contribution in [2.75, 3.05) is 7.11 Å². The molecule has 0 saturated heterocycles. The van der Waals surface area contributed by atoms with Gasteiger partial charge in [-0.1, -0.05) is 5.16 Å². The maximum Gasteiger partial charge on any atom is 0.212 e. The molecule has 1 rings (SSSR count). The van der Waals surface area contributed by atoms with E-state index in [9.17, 15) is 13.6 Å². The number of benzene rings is 1. The van der Waals surface area contributed by atoms with Gasteiger partial charge in [-0.2, -0.15) is 0 Å². The van der Waals surface area contributed by atoms with Crippen LogP contribution in [0.25, 0.3) is 0 Å². The molecule has 16 heavy (non-hydrogen) atoms. The fourth-order valence-electron chi connectivity index (χ4n) is 1.05. The minimum absolute atomic E-state index is 0.181. The number of carbonyl (C=O) groups excluding carboxylic acids is 1. The zero-order chi connectivity index (χ0) is 12.1. The molecule has 2 N–H and O–H groups in total. The van der Waals surface area contributed by atoms with E-state index >= 15 is 0 Å². The Labute approximate surface area is 89.3 Å². The lowest BCUT2D eigenvalue weighted by Gasteiger charge is -2.07. The van der Waals surface area contributed by atoms with Crippen molar-refractivity contribution in [2.45, 2.75) is 0 Å². The number of oxime groups is 1. The van der Waals surface area contributed by atoms with Gasteiger partial charge in [0.2, 0.25) is 6.41 Å². The van der Waals surface area contributed by atoms with Gasteiger partial charge in [-0.3, -0.25) is 4.79 Å². The molecular weight excluding hydrogens is 222 g/mol. The zero-order valence-electron chi connectivity index (χ0n) is 8.20. The van der Waals surface area contributed by atoms with Crippen molar-refractivity contribution >= 4 is 12.2 Å². The second kappa shape index (κ2) is 5.06. The number of hydrogen-bond donors (Lipinski definition) is 2. The molecule has 1 aromatic carbocycles. The number of rotatable bonds is 3. The number of amidine groups is 1. The Balaban J connectivity index is 3.33. The first-order valence-electron chi connectivity index (χ1n) is 4.10. The van der Waals surface area contributed by atoms with Gasteiger partial charge in [-0.05, 0) is 12.1 Å². The van der Waals surface area contributed by atoms with E-state index in [1.807, 2.05) is 5.32 Å². The van der Waals surface area contributed by atoms with E-state index in [2.05, 4.69) is 9.99 Å². The quantitative estimate of drug-likeness (QED) is 0.348. The minimum Gasteiger partial charge on any atom is -0.505 e. The Morgan fingerprint density at radius 3 is 2.81 bits per heavy atom. The highest BCUT2D eigenvalue weighted by atomic mass is 19.1. The lowest BCUT2D eigenvalue weighted by Crippen LogP contribution is -2.25. The van der Waals surface area contributed by atoms with E-state index in [4.69, 9.17) is 5.11 Å². The Kier molecular flexibility index (Phi) is 3.76. The molecule has 0 spiro atoms. The van der Waals surface area contributed by atoms with E-state index in [-0.39, 0.29) is 6.41 Å². The number of nitrogens with zero attached hydrogens (tertiary/aromatic N) is 1. The number of phenolic OH excluding ortho intramolecular Hbond substituents is 1. The lowest BCUT2D eigenvalue weighted by molar-refractivity contribution is -0.108. The molecule has 5 nitrogen and oxygen atoms in total. The lowest BCUT2D eigenvalue weighted by atomic mass is 10.1. The van der Waals surface area contributed by atoms with Gasteiger partial charge in [0, 0.05) is 0 Å². The Morgan fingerprint density at radius 1 is 1.56 bits per heavy atom. The van der Waals surface area contributed by atoms with Crippen molar-refractivity contribution < 1.29 is 23.5 Å². The molecule has 1 aromatic rings. The monoisotopic (exact) mass is 230 g/mol. The molecule has 0 bridgehead atoms. The number of aromatic hydroxyl groups is 1. The second-order valence-electron chi connectivity index (χ2n) is 2.64. The smallest absolute Gasteiger partial charge is 0.212 e. The molecule has 0 aromatic heterocycles. The van der Waals surface area contributed by atoms with Crippen molar-refractivity contribution in [2.24, 2.45) is 5.16 Å². The van der Waals surface area contributed by atoms with Crippen molar-refractivity contribution in [3.8, 4) is 5.75 Å². The highest BCUT2D eigenvalue weighted by Crippen LogP contribution is 2.21. The molecule has 0 aliphatic rings. The van der Waals surface area contributed by atoms with Crippen LogP contribution in [0.4, 0.5) is 8.78 Å². The summed E-state index contributed by atoms with van der Waals surface area (Å²) < 4.78 is 26.7. The van der Waals surface area contributed by atoms with Gasteiger partial charge < -0.3 is 15.3 Å². The molecule has 0 unspecified atom stereocenters. The summed E-state index contributed by atoms with van der Waals surface area (Å²) in [5.74, 6) is -3.44. The highest BCUT2D eigenvalue weighted by molar-refractivity contribution is 6.04. The summed E-state index contributed by atoms with van der Waals surface area (Å²) in [6.45, 7) is 0. The first-order chi connectivity index (χ1) is 7.61. The molecule has 0 aliphatic carbocycles. The third-order valence-corrected chi connectivity index (χ3v) is 1.69. The van der Waals surface area contributed by atoms with Crippen molar-refractivity contribution in [3.05, 3.63) is 29.3 Å². The van der Waals surface area contributed by atoms with Gasteiger partial charge >= 0.3 is 0 Å². The number of amides is 1. The summed E-state index contributed by atoms with van der Waals surface area (Å²) in [6, 6.07) is 1.69. The second-order valence-corrected chi connectivity index (χ2v) is 2.64. The fourth-order valence-corrected chi connectivity index (χ4v) is 1.05. The van der Waals surface area contributed by atoms with Crippen LogP contribution in [-0.2, 0) is 9.63 Å². The van der Waals surface area contributed by atoms with Crippen molar-refractivity contribution in [1.29, 1.82) is 0 Å². The van der Waals surface area contributed by atoms with E-state index in [1.54, 1.807) is 0 Å². The Hall–Kier alpha value is -2.18. The number of halogens is 2. The Morgan fingerprint density at radius 2 is 2.25 bits per heavy atom. The molecule has 0 aliphatic heterocycles. The molecule has 0 atom stereocenters. The van der Waals surface area contributed by atoms with Crippen LogP contribution in [0.1, 0.15) is 5.56 Å². The van der Waals surface area contributed by atoms with Crippen LogP contribution >= 0.6 is 0 Å². The predicted molar refractivity (Wildman–Crippen MR) is 50.8 cm³/mol. The summed E-state index contributed by atoms with van der Waals surface area (Å²) in [6.07, 6.45) is 0.181. The molecule has 0 heterocycles.